The van der Waals surface area contributed by atoms with E-state index in [-0.39, 0.29) is 10.8 Å². The third-order valence-corrected chi connectivity index (χ3v) is 14.2. The highest BCUT2D eigenvalue weighted by Gasteiger charge is 2.31. The third kappa shape index (κ3) is 6.19. The highest BCUT2D eigenvalue weighted by atomic mass is 14.3. The van der Waals surface area contributed by atoms with Crippen LogP contribution in [0.4, 0.5) is 0 Å². The molecule has 0 saturated heterocycles. The Bertz CT molecular complexity index is 3810. The average Bonchev–Trinajstić information content (AvgIpc) is 3.34. The van der Waals surface area contributed by atoms with Crippen LogP contribution in [0.5, 0.6) is 0 Å². The van der Waals surface area contributed by atoms with E-state index in [0.717, 1.165) is 0 Å². The highest BCUT2D eigenvalue weighted by molar-refractivity contribution is 6.44. The number of benzene rings is 12. The molecule has 0 aliphatic carbocycles. The molecule has 12 rings (SSSR count). The van der Waals surface area contributed by atoms with Gasteiger partial charge in [-0.25, -0.2) is 0 Å². The number of hydrogen-bond acceptors (Lipinski definition) is 0. The van der Waals surface area contributed by atoms with Gasteiger partial charge in [-0.2, -0.15) is 0 Å². The molecule has 0 aromatic heterocycles. The second kappa shape index (κ2) is 15.0. The lowest BCUT2D eigenvalue weighted by molar-refractivity contribution is 0.591. The second-order valence-electron chi connectivity index (χ2n) is 20.4. The predicted molar refractivity (Wildman–Crippen MR) is 287 cm³/mol. The van der Waals surface area contributed by atoms with Crippen LogP contribution in [0.3, 0.4) is 0 Å². The van der Waals surface area contributed by atoms with Gasteiger partial charge < -0.3 is 0 Å². The Morgan fingerprint density at radius 3 is 0.985 bits per heavy atom. The first kappa shape index (κ1) is 40.0. The van der Waals surface area contributed by atoms with E-state index in [2.05, 4.69) is 248 Å². The first-order chi connectivity index (χ1) is 32.1. The van der Waals surface area contributed by atoms with Gasteiger partial charge in [-0.05, 0) is 154 Å². The fourth-order valence-corrected chi connectivity index (χ4v) is 11.1. The predicted octanol–water partition coefficient (Wildman–Crippen LogP) is 19.0. The molecule has 0 bridgehead atoms. The lowest BCUT2D eigenvalue weighted by Gasteiger charge is -2.29. The number of rotatable bonds is 5. The molecule has 66 heavy (non-hydrogen) atoms. The molecular weight excluding hydrogens is 793 g/mol. The summed E-state index contributed by atoms with van der Waals surface area (Å²) < 4.78 is 0. The molecule has 0 amide bonds. The minimum Gasteiger partial charge on any atom is -0.0622 e. The van der Waals surface area contributed by atoms with Crippen LogP contribution in [0, 0.1) is 0 Å². The van der Waals surface area contributed by atoms with E-state index >= 15 is 0 Å². The minimum absolute atomic E-state index is 0.0814. The largest absolute Gasteiger partial charge is 0.0622 e. The minimum atomic E-state index is -0.0847. The fourth-order valence-electron chi connectivity index (χ4n) is 11.1. The maximum Gasteiger partial charge on any atom is -0.0000936 e. The van der Waals surface area contributed by atoms with Gasteiger partial charge in [-0.3, -0.25) is 0 Å². The summed E-state index contributed by atoms with van der Waals surface area (Å²) in [5.74, 6) is 0. The first-order valence-corrected chi connectivity index (χ1v) is 23.5. The van der Waals surface area contributed by atoms with Crippen LogP contribution < -0.4 is 0 Å². The molecule has 0 radical (unpaired) electrons. The first-order valence-electron chi connectivity index (χ1n) is 23.5. The molecule has 0 unspecified atom stereocenters. The van der Waals surface area contributed by atoms with Crippen LogP contribution in [-0.4, -0.2) is 0 Å². The highest BCUT2D eigenvalue weighted by Crippen LogP contribution is 2.58. The molecule has 0 saturated carbocycles. The van der Waals surface area contributed by atoms with Crippen molar-refractivity contribution in [3.8, 4) is 55.6 Å². The van der Waals surface area contributed by atoms with E-state index in [1.807, 2.05) is 0 Å². The van der Waals surface area contributed by atoms with Crippen molar-refractivity contribution in [2.75, 3.05) is 0 Å². The van der Waals surface area contributed by atoms with Crippen molar-refractivity contribution < 1.29 is 0 Å². The van der Waals surface area contributed by atoms with Crippen molar-refractivity contribution in [2.24, 2.45) is 0 Å². The molecule has 0 aliphatic rings. The summed E-state index contributed by atoms with van der Waals surface area (Å²) in [4.78, 5) is 0. The Kier molecular flexibility index (Phi) is 9.10. The normalized spacial score (nSPS) is 12.4. The van der Waals surface area contributed by atoms with Gasteiger partial charge in [0.05, 0.1) is 0 Å². The molecule has 0 heterocycles. The van der Waals surface area contributed by atoms with Crippen molar-refractivity contribution in [1.82, 2.24) is 0 Å². The smallest absolute Gasteiger partial charge is 0.0000936 e. The molecule has 12 aromatic rings. The van der Waals surface area contributed by atoms with Crippen LogP contribution in [0.25, 0.3) is 120 Å². The number of fused-ring (bicyclic) bond motifs is 5. The molecule has 12 aromatic carbocycles. The van der Waals surface area contributed by atoms with E-state index in [9.17, 15) is 0 Å². The Labute approximate surface area is 388 Å². The summed E-state index contributed by atoms with van der Waals surface area (Å²) in [6, 6.07) is 77.9. The zero-order valence-corrected chi connectivity index (χ0v) is 38.6. The molecule has 0 nitrogen and oxygen atoms in total. The van der Waals surface area contributed by atoms with Crippen molar-refractivity contribution >= 4 is 64.6 Å². The molecule has 0 spiro atoms. The monoisotopic (exact) mass is 844 g/mol. The molecule has 0 fully saturated rings. The average molecular weight is 845 g/mol. The van der Waals surface area contributed by atoms with Gasteiger partial charge in [0.15, 0.2) is 0 Å². The van der Waals surface area contributed by atoms with Crippen LogP contribution in [0.1, 0.15) is 52.7 Å². The van der Waals surface area contributed by atoms with Crippen molar-refractivity contribution in [3.63, 3.8) is 0 Å². The second-order valence-corrected chi connectivity index (χ2v) is 20.4. The van der Waals surface area contributed by atoms with Gasteiger partial charge in [0.1, 0.15) is 0 Å². The van der Waals surface area contributed by atoms with Crippen LogP contribution in [-0.2, 0) is 10.8 Å². The topological polar surface area (TPSA) is 0 Å². The lowest BCUT2D eigenvalue weighted by atomic mass is 9.73. The maximum absolute atomic E-state index is 2.56. The summed E-state index contributed by atoms with van der Waals surface area (Å²) in [6.07, 6.45) is 0. The van der Waals surface area contributed by atoms with E-state index in [4.69, 9.17) is 0 Å². The van der Waals surface area contributed by atoms with Crippen molar-refractivity contribution in [1.29, 1.82) is 0 Å². The molecule has 0 N–H and O–H groups in total. The third-order valence-electron chi connectivity index (χ3n) is 14.2. The van der Waals surface area contributed by atoms with Crippen LogP contribution in [0.15, 0.2) is 206 Å². The van der Waals surface area contributed by atoms with Gasteiger partial charge in [0.25, 0.3) is 0 Å². The van der Waals surface area contributed by atoms with Gasteiger partial charge in [0, 0.05) is 0 Å². The summed E-state index contributed by atoms with van der Waals surface area (Å²) in [5.41, 5.74) is 14.8. The zero-order chi connectivity index (χ0) is 44.9. The fraction of sp³-hybridized carbons (Fsp3) is 0.121. The molecule has 0 atom stereocenters. The Balaban J connectivity index is 1.53. The summed E-state index contributed by atoms with van der Waals surface area (Å²) in [7, 11) is 0. The standard InChI is InChI=1S/C66H52/c1-65(2,3)48-37-46-35-36-47-38-49(66(4,5)6)40-53-56(47)55(46)52(39-48)61-58(44-29-18-10-19-30-44)63-54(42-25-14-8-15-26-42)51-34-22-33-50(41-23-12-7-13-24-41)60(51)57(43-27-16-9-17-28-43)64(63)59(62(53)61)45-31-20-11-21-32-45/h7-40H,1-6H3. The SMILES string of the molecule is CC(C)(C)c1cc2ccc3cc(C(C)(C)C)cc4c5c(-c6ccccc6)c6c(-c7ccccc7)c7c(-c8ccccc8)cccc7c(-c7ccccc7)c6c(-c6ccccc6)c5c(c1)c2c34. The summed E-state index contributed by atoms with van der Waals surface area (Å²) in [5, 5.41) is 15.6. The Hall–Kier alpha value is -7.54. The summed E-state index contributed by atoms with van der Waals surface area (Å²) in [6.45, 7) is 14.1. The van der Waals surface area contributed by atoms with E-state index in [1.165, 1.54) is 131 Å². The van der Waals surface area contributed by atoms with Gasteiger partial charge in [-0.15, -0.1) is 0 Å². The number of hydrogen-bond donors (Lipinski definition) is 0. The van der Waals surface area contributed by atoms with Crippen LogP contribution in [0.2, 0.25) is 0 Å². The Morgan fingerprint density at radius 2 is 0.591 bits per heavy atom. The quantitative estimate of drug-likeness (QED) is 0.120. The van der Waals surface area contributed by atoms with Gasteiger partial charge >= 0.3 is 0 Å². The molecule has 0 aliphatic heterocycles. The Morgan fingerprint density at radius 1 is 0.242 bits per heavy atom. The molecule has 316 valence electrons. The summed E-state index contributed by atoms with van der Waals surface area (Å²) >= 11 is 0. The lowest BCUT2D eigenvalue weighted by Crippen LogP contribution is -2.12. The van der Waals surface area contributed by atoms with Gasteiger partial charge in [-0.1, -0.05) is 236 Å². The van der Waals surface area contributed by atoms with Crippen LogP contribution >= 0.6 is 0 Å². The zero-order valence-electron chi connectivity index (χ0n) is 38.6. The van der Waals surface area contributed by atoms with E-state index in [0.29, 0.717) is 0 Å². The maximum atomic E-state index is 2.56. The van der Waals surface area contributed by atoms with E-state index in [1.54, 1.807) is 0 Å². The van der Waals surface area contributed by atoms with Crippen molar-refractivity contribution in [2.45, 2.75) is 52.4 Å². The van der Waals surface area contributed by atoms with Gasteiger partial charge in [0.2, 0.25) is 0 Å². The molecule has 0 heteroatoms. The molecular formula is C66H52. The van der Waals surface area contributed by atoms with E-state index < -0.39 is 0 Å². The van der Waals surface area contributed by atoms with Crippen molar-refractivity contribution in [3.05, 3.63) is 217 Å².